The second-order valence-electron chi connectivity index (χ2n) is 4.05. The Morgan fingerprint density at radius 1 is 1.26 bits per heavy atom. The summed E-state index contributed by atoms with van der Waals surface area (Å²) >= 11 is 0. The summed E-state index contributed by atoms with van der Waals surface area (Å²) in [6, 6.07) is 5.93. The molecule has 0 radical (unpaired) electrons. The molecule has 2 atom stereocenters. The first kappa shape index (κ1) is 15.6. The number of aliphatic hydroxyl groups is 1. The predicted molar refractivity (Wildman–Crippen MR) is 66.9 cm³/mol. The Balaban J connectivity index is 3.00. The van der Waals surface area contributed by atoms with Gasteiger partial charge in [-0.1, -0.05) is 17.7 Å². The van der Waals surface area contributed by atoms with Gasteiger partial charge >= 0.3 is 5.97 Å². The molecule has 0 spiro atoms. The first-order chi connectivity index (χ1) is 8.77. The molecule has 0 aliphatic heterocycles. The number of carbonyl (C=O) groups is 1. The van der Waals surface area contributed by atoms with Crippen molar-refractivity contribution in [2.24, 2.45) is 0 Å². The summed E-state index contributed by atoms with van der Waals surface area (Å²) in [5.41, 5.74) is 0.888. The highest BCUT2D eigenvalue weighted by molar-refractivity contribution is 7.86. The first-order valence-corrected chi connectivity index (χ1v) is 6.94. The van der Waals surface area contributed by atoms with Gasteiger partial charge in [0.1, 0.15) is 0 Å². The van der Waals surface area contributed by atoms with Crippen LogP contribution < -0.4 is 0 Å². The molecule has 0 bridgehead atoms. The molecule has 0 saturated carbocycles. The van der Waals surface area contributed by atoms with E-state index in [1.807, 2.05) is 6.92 Å². The molecule has 19 heavy (non-hydrogen) atoms. The van der Waals surface area contributed by atoms with Crippen LogP contribution in [0.1, 0.15) is 12.5 Å². The number of carbonyl (C=O) groups excluding carboxylic acids is 1. The summed E-state index contributed by atoms with van der Waals surface area (Å²) in [6.07, 6.45) is -2.90. The van der Waals surface area contributed by atoms with Crippen molar-refractivity contribution >= 4 is 16.1 Å². The zero-order valence-electron chi connectivity index (χ0n) is 10.9. The molecule has 1 aromatic carbocycles. The monoisotopic (exact) mass is 288 g/mol. The number of aliphatic hydroxyl groups excluding tert-OH is 1. The lowest BCUT2D eigenvalue weighted by Gasteiger charge is -2.17. The molecule has 106 valence electrons. The SMILES string of the molecule is COC(=O)C(OS(=O)(=O)c1ccc(C)cc1)C(C)O. The van der Waals surface area contributed by atoms with E-state index in [4.69, 9.17) is 4.18 Å². The molecule has 0 aliphatic rings. The highest BCUT2D eigenvalue weighted by Gasteiger charge is 2.32. The lowest BCUT2D eigenvalue weighted by molar-refractivity contribution is -0.153. The summed E-state index contributed by atoms with van der Waals surface area (Å²) in [7, 11) is -3.05. The van der Waals surface area contributed by atoms with Crippen LogP contribution in [-0.2, 0) is 23.8 Å². The fourth-order valence-electron chi connectivity index (χ4n) is 1.33. The topological polar surface area (TPSA) is 89.9 Å². The summed E-state index contributed by atoms with van der Waals surface area (Å²) in [5, 5.41) is 9.38. The van der Waals surface area contributed by atoms with Gasteiger partial charge in [0.25, 0.3) is 10.1 Å². The molecule has 0 heterocycles. The minimum atomic E-state index is -4.14. The van der Waals surface area contributed by atoms with E-state index in [1.165, 1.54) is 19.1 Å². The fourth-order valence-corrected chi connectivity index (χ4v) is 2.42. The Bertz CT molecular complexity index is 532. The Hall–Kier alpha value is -1.44. The first-order valence-electron chi connectivity index (χ1n) is 5.54. The van der Waals surface area contributed by atoms with Crippen molar-refractivity contribution in [2.75, 3.05) is 7.11 Å². The van der Waals surface area contributed by atoms with Crippen LogP contribution in [0.4, 0.5) is 0 Å². The largest absolute Gasteiger partial charge is 0.467 e. The summed E-state index contributed by atoms with van der Waals surface area (Å²) in [4.78, 5) is 11.3. The second kappa shape index (κ2) is 6.14. The number of benzene rings is 1. The van der Waals surface area contributed by atoms with Crippen molar-refractivity contribution in [3.05, 3.63) is 29.8 Å². The van der Waals surface area contributed by atoms with Crippen LogP contribution in [0.3, 0.4) is 0 Å². The number of hydrogen-bond donors (Lipinski definition) is 1. The van der Waals surface area contributed by atoms with Crippen LogP contribution in [-0.4, -0.2) is 38.8 Å². The smallest absolute Gasteiger partial charge is 0.339 e. The van der Waals surface area contributed by atoms with Gasteiger partial charge in [0.05, 0.1) is 18.1 Å². The Kier molecular flexibility index (Phi) is 5.04. The van der Waals surface area contributed by atoms with Crippen LogP contribution >= 0.6 is 0 Å². The zero-order valence-corrected chi connectivity index (χ0v) is 11.7. The summed E-state index contributed by atoms with van der Waals surface area (Å²) in [5.74, 6) is -0.953. The summed E-state index contributed by atoms with van der Waals surface area (Å²) in [6.45, 7) is 3.05. The van der Waals surface area contributed by atoms with Crippen LogP contribution in [0.15, 0.2) is 29.2 Å². The van der Waals surface area contributed by atoms with E-state index < -0.39 is 28.3 Å². The number of methoxy groups -OCH3 is 1. The van der Waals surface area contributed by atoms with E-state index in [2.05, 4.69) is 4.74 Å². The third-order valence-corrected chi connectivity index (χ3v) is 3.72. The maximum atomic E-state index is 11.9. The van der Waals surface area contributed by atoms with Crippen LogP contribution in [0, 0.1) is 6.92 Å². The van der Waals surface area contributed by atoms with Gasteiger partial charge in [-0.2, -0.15) is 8.42 Å². The molecular weight excluding hydrogens is 272 g/mol. The van der Waals surface area contributed by atoms with Crippen molar-refractivity contribution in [3.63, 3.8) is 0 Å². The van der Waals surface area contributed by atoms with E-state index in [9.17, 15) is 18.3 Å². The standard InChI is InChI=1S/C12H16O6S/c1-8-4-6-10(7-5-8)19(15,16)18-11(9(2)13)12(14)17-3/h4-7,9,11,13H,1-3H3. The van der Waals surface area contributed by atoms with Gasteiger partial charge in [-0.05, 0) is 26.0 Å². The molecule has 0 aromatic heterocycles. The maximum absolute atomic E-state index is 11.9. The minimum absolute atomic E-state index is 0.0901. The van der Waals surface area contributed by atoms with Gasteiger partial charge in [0, 0.05) is 0 Å². The number of aryl methyl sites for hydroxylation is 1. The number of hydrogen-bond acceptors (Lipinski definition) is 6. The van der Waals surface area contributed by atoms with E-state index in [-0.39, 0.29) is 4.90 Å². The van der Waals surface area contributed by atoms with Gasteiger partial charge in [-0.3, -0.25) is 0 Å². The number of esters is 1. The van der Waals surface area contributed by atoms with Crippen LogP contribution in [0.25, 0.3) is 0 Å². The molecule has 0 aliphatic carbocycles. The van der Waals surface area contributed by atoms with Gasteiger partial charge in [-0.15, -0.1) is 0 Å². The lowest BCUT2D eigenvalue weighted by atomic mass is 10.2. The molecule has 0 fully saturated rings. The quantitative estimate of drug-likeness (QED) is 0.631. The van der Waals surface area contributed by atoms with Crippen molar-refractivity contribution in [3.8, 4) is 0 Å². The highest BCUT2D eigenvalue weighted by atomic mass is 32.2. The van der Waals surface area contributed by atoms with Gasteiger partial charge in [-0.25, -0.2) is 8.98 Å². The lowest BCUT2D eigenvalue weighted by Crippen LogP contribution is -2.37. The van der Waals surface area contributed by atoms with Crippen molar-refractivity contribution in [1.29, 1.82) is 0 Å². The molecule has 1 aromatic rings. The average molecular weight is 288 g/mol. The molecule has 7 heteroatoms. The number of ether oxygens (including phenoxy) is 1. The third-order valence-electron chi connectivity index (χ3n) is 2.41. The average Bonchev–Trinajstić information content (AvgIpc) is 2.35. The van der Waals surface area contributed by atoms with E-state index in [1.54, 1.807) is 12.1 Å². The third kappa shape index (κ3) is 4.02. The molecular formula is C12H16O6S. The fraction of sp³-hybridized carbons (Fsp3) is 0.417. The molecule has 2 unspecified atom stereocenters. The van der Waals surface area contributed by atoms with Crippen LogP contribution in [0.2, 0.25) is 0 Å². The van der Waals surface area contributed by atoms with E-state index >= 15 is 0 Å². The van der Waals surface area contributed by atoms with Gasteiger partial charge in [0.2, 0.25) is 0 Å². The Morgan fingerprint density at radius 3 is 2.21 bits per heavy atom. The summed E-state index contributed by atoms with van der Waals surface area (Å²) < 4.78 is 33.0. The number of rotatable bonds is 5. The molecule has 1 N–H and O–H groups in total. The van der Waals surface area contributed by atoms with E-state index in [0.717, 1.165) is 12.7 Å². The normalized spacial score (nSPS) is 14.7. The molecule has 6 nitrogen and oxygen atoms in total. The van der Waals surface area contributed by atoms with E-state index in [0.29, 0.717) is 0 Å². The van der Waals surface area contributed by atoms with Crippen molar-refractivity contribution in [2.45, 2.75) is 31.0 Å². The molecule has 1 rings (SSSR count). The van der Waals surface area contributed by atoms with Gasteiger partial charge in [0.15, 0.2) is 6.10 Å². The highest BCUT2D eigenvalue weighted by Crippen LogP contribution is 2.17. The Labute approximate surface area is 112 Å². The Morgan fingerprint density at radius 2 is 1.79 bits per heavy atom. The molecule has 0 saturated heterocycles. The zero-order chi connectivity index (χ0) is 14.6. The van der Waals surface area contributed by atoms with Crippen molar-refractivity contribution < 1.29 is 27.2 Å². The second-order valence-corrected chi connectivity index (χ2v) is 5.62. The minimum Gasteiger partial charge on any atom is -0.467 e. The van der Waals surface area contributed by atoms with Gasteiger partial charge < -0.3 is 9.84 Å². The van der Waals surface area contributed by atoms with Crippen molar-refractivity contribution in [1.82, 2.24) is 0 Å². The predicted octanol–water partition coefficient (Wildman–Crippen LogP) is 0.623. The van der Waals surface area contributed by atoms with Crippen LogP contribution in [0.5, 0.6) is 0 Å². The maximum Gasteiger partial charge on any atom is 0.339 e. The molecule has 0 amide bonds.